The molecule has 0 amide bonds. The minimum Gasteiger partial charge on any atom is -0.458 e. The number of carbonyl (C=O) groups is 1. The van der Waals surface area contributed by atoms with Crippen LogP contribution in [0.25, 0.3) is 0 Å². The Kier molecular flexibility index (Phi) is 3.31. The Hall–Kier alpha value is -1.03. The largest absolute Gasteiger partial charge is 0.458 e. The fourth-order valence-corrected chi connectivity index (χ4v) is 1.50. The van der Waals surface area contributed by atoms with Crippen molar-refractivity contribution < 1.29 is 9.53 Å². The van der Waals surface area contributed by atoms with Crippen LogP contribution in [0.4, 0.5) is 5.69 Å². The SMILES string of the molecule is CCC(C)OC(=O)c1sccc1N. The number of nitrogen functional groups attached to an aromatic ring is 1. The quantitative estimate of drug-likeness (QED) is 0.760. The van der Waals surface area contributed by atoms with E-state index in [0.717, 1.165) is 6.42 Å². The van der Waals surface area contributed by atoms with Gasteiger partial charge in [-0.05, 0) is 24.8 Å². The predicted molar refractivity (Wildman–Crippen MR) is 53.9 cm³/mol. The highest BCUT2D eigenvalue weighted by atomic mass is 32.1. The van der Waals surface area contributed by atoms with Crippen LogP contribution in [0, 0.1) is 0 Å². The minimum absolute atomic E-state index is 0.0472. The highest BCUT2D eigenvalue weighted by Gasteiger charge is 2.14. The fourth-order valence-electron chi connectivity index (χ4n) is 0.805. The zero-order chi connectivity index (χ0) is 9.84. The first-order valence-corrected chi connectivity index (χ1v) is 5.07. The van der Waals surface area contributed by atoms with Gasteiger partial charge in [0, 0.05) is 0 Å². The molecule has 0 bridgehead atoms. The number of anilines is 1. The van der Waals surface area contributed by atoms with E-state index in [0.29, 0.717) is 10.6 Å². The molecule has 0 fully saturated rings. The normalized spacial score (nSPS) is 12.5. The standard InChI is InChI=1S/C9H13NO2S/c1-3-6(2)12-9(11)8-7(10)4-5-13-8/h4-6H,3,10H2,1-2H3. The second kappa shape index (κ2) is 4.28. The molecular weight excluding hydrogens is 186 g/mol. The summed E-state index contributed by atoms with van der Waals surface area (Å²) in [4.78, 5) is 11.9. The first-order valence-electron chi connectivity index (χ1n) is 4.19. The van der Waals surface area contributed by atoms with Gasteiger partial charge >= 0.3 is 5.97 Å². The molecule has 0 saturated carbocycles. The summed E-state index contributed by atoms with van der Waals surface area (Å²) in [7, 11) is 0. The summed E-state index contributed by atoms with van der Waals surface area (Å²) < 4.78 is 5.12. The summed E-state index contributed by atoms with van der Waals surface area (Å²) in [5, 5.41) is 1.78. The molecule has 0 aliphatic carbocycles. The lowest BCUT2D eigenvalue weighted by molar-refractivity contribution is 0.0341. The summed E-state index contributed by atoms with van der Waals surface area (Å²) in [6.45, 7) is 3.83. The van der Waals surface area contributed by atoms with Crippen molar-refractivity contribution in [3.63, 3.8) is 0 Å². The third-order valence-corrected chi connectivity index (χ3v) is 2.67. The van der Waals surface area contributed by atoms with Crippen molar-refractivity contribution in [2.24, 2.45) is 0 Å². The van der Waals surface area contributed by atoms with E-state index in [4.69, 9.17) is 10.5 Å². The Labute approximate surface area is 81.5 Å². The van der Waals surface area contributed by atoms with E-state index in [1.165, 1.54) is 11.3 Å². The van der Waals surface area contributed by atoms with Gasteiger partial charge in [-0.3, -0.25) is 0 Å². The van der Waals surface area contributed by atoms with Crippen molar-refractivity contribution in [2.45, 2.75) is 26.4 Å². The van der Waals surface area contributed by atoms with E-state index in [1.807, 2.05) is 13.8 Å². The van der Waals surface area contributed by atoms with Crippen molar-refractivity contribution in [1.29, 1.82) is 0 Å². The molecule has 13 heavy (non-hydrogen) atoms. The highest BCUT2D eigenvalue weighted by Crippen LogP contribution is 2.20. The maximum Gasteiger partial charge on any atom is 0.350 e. The van der Waals surface area contributed by atoms with Gasteiger partial charge in [-0.1, -0.05) is 6.92 Å². The van der Waals surface area contributed by atoms with Crippen molar-refractivity contribution in [1.82, 2.24) is 0 Å². The van der Waals surface area contributed by atoms with Gasteiger partial charge in [0.2, 0.25) is 0 Å². The Morgan fingerprint density at radius 2 is 2.46 bits per heavy atom. The predicted octanol–water partition coefficient (Wildman–Crippen LogP) is 2.29. The molecular formula is C9H13NO2S. The van der Waals surface area contributed by atoms with E-state index in [1.54, 1.807) is 11.4 Å². The summed E-state index contributed by atoms with van der Waals surface area (Å²) in [6.07, 6.45) is 0.769. The number of hydrogen-bond donors (Lipinski definition) is 1. The molecule has 1 aromatic rings. The van der Waals surface area contributed by atoms with Crippen molar-refractivity contribution in [2.75, 3.05) is 5.73 Å². The van der Waals surface area contributed by atoms with Gasteiger partial charge in [0.05, 0.1) is 11.8 Å². The number of rotatable bonds is 3. The third-order valence-electron chi connectivity index (χ3n) is 1.76. The lowest BCUT2D eigenvalue weighted by Gasteiger charge is -2.09. The van der Waals surface area contributed by atoms with E-state index in [2.05, 4.69) is 0 Å². The number of thiophene rings is 1. The second-order valence-corrected chi connectivity index (χ2v) is 3.75. The molecule has 0 aliphatic heterocycles. The van der Waals surface area contributed by atoms with Crippen LogP contribution in [0.3, 0.4) is 0 Å². The average molecular weight is 199 g/mol. The van der Waals surface area contributed by atoms with Gasteiger partial charge in [0.1, 0.15) is 4.88 Å². The van der Waals surface area contributed by atoms with Gasteiger partial charge in [-0.2, -0.15) is 0 Å². The minimum atomic E-state index is -0.318. The van der Waals surface area contributed by atoms with Crippen LogP contribution in [-0.4, -0.2) is 12.1 Å². The molecule has 0 radical (unpaired) electrons. The topological polar surface area (TPSA) is 52.3 Å². The second-order valence-electron chi connectivity index (χ2n) is 2.83. The van der Waals surface area contributed by atoms with E-state index < -0.39 is 0 Å². The molecule has 1 atom stereocenters. The molecule has 0 aliphatic rings. The zero-order valence-corrected chi connectivity index (χ0v) is 8.56. The number of hydrogen-bond acceptors (Lipinski definition) is 4. The van der Waals surface area contributed by atoms with Crippen molar-refractivity contribution >= 4 is 23.0 Å². The Bertz CT molecular complexity index is 296. The molecule has 3 nitrogen and oxygen atoms in total. The third kappa shape index (κ3) is 2.45. The van der Waals surface area contributed by atoms with Crippen LogP contribution in [0.1, 0.15) is 29.9 Å². The first kappa shape index (κ1) is 10.1. The highest BCUT2D eigenvalue weighted by molar-refractivity contribution is 7.12. The van der Waals surface area contributed by atoms with E-state index in [-0.39, 0.29) is 12.1 Å². The monoisotopic (exact) mass is 199 g/mol. The van der Waals surface area contributed by atoms with Gasteiger partial charge in [-0.15, -0.1) is 11.3 Å². The molecule has 0 aromatic carbocycles. The molecule has 1 heterocycles. The number of nitrogens with two attached hydrogens (primary N) is 1. The summed E-state index contributed by atoms with van der Waals surface area (Å²) in [5.41, 5.74) is 6.07. The first-order chi connectivity index (χ1) is 6.15. The lowest BCUT2D eigenvalue weighted by Crippen LogP contribution is -2.13. The molecule has 1 unspecified atom stereocenters. The lowest BCUT2D eigenvalue weighted by atomic mass is 10.3. The molecule has 72 valence electrons. The van der Waals surface area contributed by atoms with Crippen LogP contribution in [0.2, 0.25) is 0 Å². The Balaban J connectivity index is 2.64. The summed E-state index contributed by atoms with van der Waals surface area (Å²) in [5.74, 6) is -0.318. The van der Waals surface area contributed by atoms with Gasteiger partial charge < -0.3 is 10.5 Å². The smallest absolute Gasteiger partial charge is 0.350 e. The van der Waals surface area contributed by atoms with Crippen LogP contribution in [0.5, 0.6) is 0 Å². The number of esters is 1. The maximum atomic E-state index is 11.4. The van der Waals surface area contributed by atoms with Gasteiger partial charge in [0.25, 0.3) is 0 Å². The van der Waals surface area contributed by atoms with E-state index >= 15 is 0 Å². The summed E-state index contributed by atoms with van der Waals surface area (Å²) in [6, 6.07) is 1.71. The van der Waals surface area contributed by atoms with Gasteiger partial charge in [-0.25, -0.2) is 4.79 Å². The Morgan fingerprint density at radius 1 is 1.77 bits per heavy atom. The fraction of sp³-hybridized carbons (Fsp3) is 0.444. The van der Waals surface area contributed by atoms with E-state index in [9.17, 15) is 4.79 Å². The molecule has 2 N–H and O–H groups in total. The molecule has 1 rings (SSSR count). The Morgan fingerprint density at radius 3 is 2.92 bits per heavy atom. The summed E-state index contributed by atoms with van der Waals surface area (Å²) >= 11 is 1.31. The number of ether oxygens (including phenoxy) is 1. The van der Waals surface area contributed by atoms with Crippen LogP contribution in [-0.2, 0) is 4.74 Å². The number of carbonyl (C=O) groups excluding carboxylic acids is 1. The maximum absolute atomic E-state index is 11.4. The van der Waals surface area contributed by atoms with Gasteiger partial charge in [0.15, 0.2) is 0 Å². The van der Waals surface area contributed by atoms with Crippen LogP contribution in [0.15, 0.2) is 11.4 Å². The molecule has 4 heteroatoms. The van der Waals surface area contributed by atoms with Crippen LogP contribution < -0.4 is 5.73 Å². The van der Waals surface area contributed by atoms with Crippen molar-refractivity contribution in [3.05, 3.63) is 16.3 Å². The average Bonchev–Trinajstić information content (AvgIpc) is 2.51. The van der Waals surface area contributed by atoms with Crippen molar-refractivity contribution in [3.8, 4) is 0 Å². The molecule has 1 aromatic heterocycles. The zero-order valence-electron chi connectivity index (χ0n) is 7.74. The van der Waals surface area contributed by atoms with Crippen LogP contribution >= 0.6 is 11.3 Å². The molecule has 0 spiro atoms. The molecule has 0 saturated heterocycles.